The third-order valence-electron chi connectivity index (χ3n) is 13.2. The van der Waals surface area contributed by atoms with Crippen LogP contribution in [0.5, 0.6) is 0 Å². The molecule has 0 aromatic heterocycles. The second-order valence-corrected chi connectivity index (χ2v) is 44.0. The first-order valence-corrected chi connectivity index (χ1v) is 34.7. The van der Waals surface area contributed by atoms with Crippen molar-refractivity contribution in [3.63, 3.8) is 0 Å². The van der Waals surface area contributed by atoms with Gasteiger partial charge in [0.15, 0.2) is 0 Å². The van der Waals surface area contributed by atoms with Crippen LogP contribution in [0.2, 0.25) is 72.5 Å². The van der Waals surface area contributed by atoms with Crippen LogP contribution in [0, 0.1) is 0 Å². The van der Waals surface area contributed by atoms with Crippen LogP contribution >= 0.6 is 0 Å². The Balaban J connectivity index is 2.21. The van der Waals surface area contributed by atoms with Crippen molar-refractivity contribution in [3.8, 4) is 0 Å². The van der Waals surface area contributed by atoms with E-state index in [2.05, 4.69) is 194 Å². The van der Waals surface area contributed by atoms with Gasteiger partial charge in [-0.2, -0.15) is 0 Å². The molecule has 2 aromatic carbocycles. The molecule has 2 rings (SSSR count). The van der Waals surface area contributed by atoms with E-state index in [1.807, 2.05) is 0 Å². The van der Waals surface area contributed by atoms with Gasteiger partial charge in [-0.3, -0.25) is 0 Å². The van der Waals surface area contributed by atoms with Crippen molar-refractivity contribution in [2.24, 2.45) is 0 Å². The normalized spacial score (nSPS) is 14.0. The fraction of sp³-hybridized carbons (Fsp3) is 0.727. The summed E-state index contributed by atoms with van der Waals surface area (Å²) in [5.41, 5.74) is 2.50. The fourth-order valence-electron chi connectivity index (χ4n) is 4.84. The summed E-state index contributed by atoms with van der Waals surface area (Å²) >= 11 is -0.533. The predicted molar refractivity (Wildman–Crippen MR) is 255 cm³/mol. The van der Waals surface area contributed by atoms with E-state index in [0.29, 0.717) is 0 Å². The van der Waals surface area contributed by atoms with Crippen LogP contribution in [0.4, 0.5) is 11.4 Å². The molecule has 0 aliphatic heterocycles. The molecule has 0 unspecified atom stereocenters. The molecule has 0 bridgehead atoms. The molecule has 11 heteroatoms. The molecule has 0 aliphatic rings. The molecular weight excluding hydrogens is 860 g/mol. The quantitative estimate of drug-likeness (QED) is 0.123. The monoisotopic (exact) mass is 946 g/mol. The van der Waals surface area contributed by atoms with Gasteiger partial charge in [-0.1, -0.05) is 0 Å². The number of nitrogens with zero attached hydrogens (tertiary/aromatic N) is 2. The van der Waals surface area contributed by atoms with Crippen LogP contribution in [-0.4, -0.2) is 107 Å². The van der Waals surface area contributed by atoms with E-state index >= 15 is 0 Å². The first kappa shape index (κ1) is 50.7. The van der Waals surface area contributed by atoms with Gasteiger partial charge in [0.2, 0.25) is 0 Å². The van der Waals surface area contributed by atoms with Gasteiger partial charge in [-0.05, 0) is 0 Å². The summed E-state index contributed by atoms with van der Waals surface area (Å²) in [5, 5.41) is 0.793. The van der Waals surface area contributed by atoms with Crippen molar-refractivity contribution in [1.29, 1.82) is 0 Å². The van der Waals surface area contributed by atoms with Gasteiger partial charge < -0.3 is 0 Å². The summed E-state index contributed by atoms with van der Waals surface area (Å²) in [6, 6.07) is 18.7. The number of hydrogen-bond donors (Lipinski definition) is 0. The Morgan fingerprint density at radius 3 is 0.764 bits per heavy atom. The standard InChI is InChI=1S/C44H84N2O4Si4Te/c1-41(2,3)51(13,14)47-33-29-45(30-34-48-52(15,16)42(4,5)6)37-21-25-39(26-22-37)55-40-27-23-38(24-28-40)46(31-35-49-53(17,18)43(7,8)9)32-36-50-54(19,20)44(10,11)12/h21-28H,29-36H2,1-20H3. The van der Waals surface area contributed by atoms with Crippen molar-refractivity contribution in [3.05, 3.63) is 48.5 Å². The summed E-state index contributed by atoms with van der Waals surface area (Å²) < 4.78 is 29.4. The van der Waals surface area contributed by atoms with E-state index < -0.39 is 54.2 Å². The van der Waals surface area contributed by atoms with E-state index in [-0.39, 0.29) is 20.2 Å². The first-order valence-electron chi connectivity index (χ1n) is 20.7. The van der Waals surface area contributed by atoms with Crippen molar-refractivity contribution in [2.75, 3.05) is 62.4 Å². The number of rotatable bonds is 20. The maximum atomic E-state index is 6.63. The molecule has 0 fully saturated rings. The fourth-order valence-corrected chi connectivity index (χ4v) is 11.3. The van der Waals surface area contributed by atoms with Gasteiger partial charge in [0.05, 0.1) is 0 Å². The third-order valence-corrected chi connectivity index (χ3v) is 34.2. The zero-order valence-corrected chi connectivity index (χ0v) is 45.5. The van der Waals surface area contributed by atoms with Crippen LogP contribution in [-0.2, 0) is 17.7 Å². The Kier molecular flexibility index (Phi) is 18.2. The minimum absolute atomic E-state index is 0.198. The zero-order chi connectivity index (χ0) is 42.3. The summed E-state index contributed by atoms with van der Waals surface area (Å²) in [6.45, 7) is 52.9. The molecule has 0 aliphatic carbocycles. The van der Waals surface area contributed by atoms with Crippen LogP contribution in [0.3, 0.4) is 0 Å². The van der Waals surface area contributed by atoms with Crippen LogP contribution < -0.4 is 17.0 Å². The summed E-state index contributed by atoms with van der Waals surface area (Å²) in [6.07, 6.45) is 0. The average molecular weight is 945 g/mol. The van der Waals surface area contributed by atoms with E-state index in [9.17, 15) is 0 Å². The van der Waals surface area contributed by atoms with Gasteiger partial charge in [0.25, 0.3) is 0 Å². The predicted octanol–water partition coefficient (Wildman–Crippen LogP) is 11.0. The Hall–Kier alpha value is -0.463. The molecule has 0 N–H and O–H groups in total. The second kappa shape index (κ2) is 19.7. The molecule has 6 nitrogen and oxygen atoms in total. The van der Waals surface area contributed by atoms with Crippen molar-refractivity contribution < 1.29 is 17.7 Å². The van der Waals surface area contributed by atoms with Crippen LogP contribution in [0.25, 0.3) is 0 Å². The van der Waals surface area contributed by atoms with Crippen LogP contribution in [0.1, 0.15) is 83.1 Å². The summed E-state index contributed by atoms with van der Waals surface area (Å²) in [7, 11) is -7.29. The Labute approximate surface area is 354 Å². The first-order chi connectivity index (χ1) is 24.8. The Morgan fingerprint density at radius 2 is 0.582 bits per heavy atom. The Morgan fingerprint density at radius 1 is 0.382 bits per heavy atom. The molecule has 0 spiro atoms. The molecule has 0 saturated heterocycles. The van der Waals surface area contributed by atoms with Crippen molar-refractivity contribution >= 4 is 72.8 Å². The summed E-state index contributed by atoms with van der Waals surface area (Å²) in [5.74, 6) is 0. The van der Waals surface area contributed by atoms with E-state index in [1.54, 1.807) is 0 Å². The third kappa shape index (κ3) is 15.6. The molecule has 0 radical (unpaired) electrons. The average Bonchev–Trinajstić information content (AvgIpc) is 3.02. The van der Waals surface area contributed by atoms with E-state index in [4.69, 9.17) is 17.7 Å². The molecule has 2 aromatic rings. The van der Waals surface area contributed by atoms with E-state index in [1.165, 1.54) is 18.6 Å². The number of anilines is 2. The zero-order valence-electron chi connectivity index (χ0n) is 39.2. The molecule has 0 heterocycles. The van der Waals surface area contributed by atoms with Crippen molar-refractivity contribution in [2.45, 2.75) is 156 Å². The Bertz CT molecular complexity index is 1270. The molecule has 0 atom stereocenters. The van der Waals surface area contributed by atoms with Gasteiger partial charge in [-0.25, -0.2) is 0 Å². The van der Waals surface area contributed by atoms with Gasteiger partial charge in [0.1, 0.15) is 0 Å². The molecule has 55 heavy (non-hydrogen) atoms. The van der Waals surface area contributed by atoms with Gasteiger partial charge in [0, 0.05) is 0 Å². The van der Waals surface area contributed by atoms with E-state index in [0.717, 1.165) is 52.6 Å². The minimum atomic E-state index is -1.82. The molecule has 0 saturated carbocycles. The summed E-state index contributed by atoms with van der Waals surface area (Å²) in [4.78, 5) is 4.94. The van der Waals surface area contributed by atoms with Gasteiger partial charge in [-0.15, -0.1) is 0 Å². The second-order valence-electron chi connectivity index (χ2n) is 21.5. The molecule has 316 valence electrons. The topological polar surface area (TPSA) is 43.4 Å². The van der Waals surface area contributed by atoms with Gasteiger partial charge >= 0.3 is 357 Å². The van der Waals surface area contributed by atoms with Crippen molar-refractivity contribution in [1.82, 2.24) is 0 Å². The SMILES string of the molecule is CC(C)(C)[Si](C)(C)OCCN(CCO[Si](C)(C)C(C)(C)C)c1ccc([Te]c2ccc(N(CCO[Si](C)(C)C(C)(C)C)CCO[Si](C)(C)C(C)(C)C)cc2)cc1. The number of hydrogen-bond acceptors (Lipinski definition) is 6. The van der Waals surface area contributed by atoms with Crippen LogP contribution in [0.15, 0.2) is 48.5 Å². The maximum absolute atomic E-state index is 6.63. The number of benzene rings is 2. The molecule has 0 amide bonds. The molecular formula is C44H84N2O4Si4Te.